The third-order valence-electron chi connectivity index (χ3n) is 2.24. The standard InChI is InChI=1S/C9H18O2/c1-5(2)7(10)9-8(11-9)6(3)4/h5-10H,1-4H3/t7?,8-,9-/m0/s1. The number of rotatable bonds is 3. The summed E-state index contributed by atoms with van der Waals surface area (Å²) in [7, 11) is 0. The van der Waals surface area contributed by atoms with Crippen LogP contribution < -0.4 is 0 Å². The molecule has 66 valence electrons. The van der Waals surface area contributed by atoms with Crippen molar-refractivity contribution in [1.29, 1.82) is 0 Å². The van der Waals surface area contributed by atoms with E-state index in [1.807, 2.05) is 13.8 Å². The molecule has 1 fully saturated rings. The van der Waals surface area contributed by atoms with E-state index in [-0.39, 0.29) is 12.2 Å². The average Bonchev–Trinajstić information content (AvgIpc) is 2.63. The molecule has 1 aliphatic rings. The molecule has 0 bridgehead atoms. The molecule has 1 saturated heterocycles. The molecule has 11 heavy (non-hydrogen) atoms. The Labute approximate surface area is 68.6 Å². The zero-order chi connectivity index (χ0) is 8.59. The lowest BCUT2D eigenvalue weighted by Crippen LogP contribution is -2.24. The first kappa shape index (κ1) is 9.01. The molecule has 0 saturated carbocycles. The molecule has 2 heteroatoms. The molecule has 1 aliphatic heterocycles. The number of hydrogen-bond acceptors (Lipinski definition) is 2. The molecule has 0 aromatic rings. The van der Waals surface area contributed by atoms with Crippen LogP contribution >= 0.6 is 0 Å². The number of ether oxygens (including phenoxy) is 1. The maximum atomic E-state index is 9.56. The number of epoxide rings is 1. The molecule has 1 unspecified atom stereocenters. The summed E-state index contributed by atoms with van der Waals surface area (Å²) < 4.78 is 5.35. The Morgan fingerprint density at radius 3 is 1.91 bits per heavy atom. The Bertz CT molecular complexity index is 132. The van der Waals surface area contributed by atoms with Gasteiger partial charge in [0.05, 0.1) is 12.2 Å². The van der Waals surface area contributed by atoms with Crippen LogP contribution in [0, 0.1) is 11.8 Å². The zero-order valence-corrected chi connectivity index (χ0v) is 7.74. The first-order valence-corrected chi connectivity index (χ1v) is 4.37. The van der Waals surface area contributed by atoms with Gasteiger partial charge in [0.2, 0.25) is 0 Å². The molecular formula is C9H18O2. The molecule has 1 N–H and O–H groups in total. The lowest BCUT2D eigenvalue weighted by Gasteiger charge is -2.11. The molecule has 0 aliphatic carbocycles. The highest BCUT2D eigenvalue weighted by Crippen LogP contribution is 2.33. The Kier molecular flexibility index (Phi) is 2.55. The van der Waals surface area contributed by atoms with E-state index < -0.39 is 0 Å². The van der Waals surface area contributed by atoms with Crippen LogP contribution in [0.1, 0.15) is 27.7 Å². The van der Waals surface area contributed by atoms with Crippen LogP contribution in [0.2, 0.25) is 0 Å². The summed E-state index contributed by atoms with van der Waals surface area (Å²) in [4.78, 5) is 0. The van der Waals surface area contributed by atoms with Crippen LogP contribution in [0.3, 0.4) is 0 Å². The van der Waals surface area contributed by atoms with E-state index in [1.165, 1.54) is 0 Å². The summed E-state index contributed by atoms with van der Waals surface area (Å²) in [6.07, 6.45) is 0.129. The second-order valence-corrected chi connectivity index (χ2v) is 4.04. The fourth-order valence-corrected chi connectivity index (χ4v) is 1.33. The zero-order valence-electron chi connectivity index (χ0n) is 7.74. The third kappa shape index (κ3) is 1.94. The highest BCUT2D eigenvalue weighted by Gasteiger charge is 2.46. The summed E-state index contributed by atoms with van der Waals surface area (Å²) in [5, 5.41) is 9.56. The quantitative estimate of drug-likeness (QED) is 0.630. The fourth-order valence-electron chi connectivity index (χ4n) is 1.33. The van der Waals surface area contributed by atoms with Gasteiger partial charge in [-0.2, -0.15) is 0 Å². The lowest BCUT2D eigenvalue weighted by atomic mass is 9.98. The van der Waals surface area contributed by atoms with Gasteiger partial charge in [0.1, 0.15) is 6.10 Å². The number of aliphatic hydroxyl groups excluding tert-OH is 1. The van der Waals surface area contributed by atoms with Crippen LogP contribution in [0.4, 0.5) is 0 Å². The van der Waals surface area contributed by atoms with E-state index in [0.29, 0.717) is 17.9 Å². The SMILES string of the molecule is CC(C)C(O)[C@@H]1O[C@H]1C(C)C. The Morgan fingerprint density at radius 1 is 1.09 bits per heavy atom. The molecule has 0 spiro atoms. The molecule has 3 atom stereocenters. The molecule has 2 nitrogen and oxygen atoms in total. The normalized spacial score (nSPS) is 33.0. The summed E-state index contributed by atoms with van der Waals surface area (Å²) in [5.41, 5.74) is 0. The van der Waals surface area contributed by atoms with E-state index in [1.54, 1.807) is 0 Å². The van der Waals surface area contributed by atoms with Gasteiger partial charge in [0.15, 0.2) is 0 Å². The summed E-state index contributed by atoms with van der Waals surface area (Å²) in [6, 6.07) is 0. The first-order valence-electron chi connectivity index (χ1n) is 4.37. The predicted molar refractivity (Wildman–Crippen MR) is 44.3 cm³/mol. The molecule has 0 aromatic heterocycles. The molecular weight excluding hydrogens is 140 g/mol. The molecule has 0 radical (unpaired) electrons. The van der Waals surface area contributed by atoms with Gasteiger partial charge in [-0.25, -0.2) is 0 Å². The van der Waals surface area contributed by atoms with Crippen LogP contribution in [0.25, 0.3) is 0 Å². The smallest absolute Gasteiger partial charge is 0.110 e. The maximum absolute atomic E-state index is 9.56. The van der Waals surface area contributed by atoms with Gasteiger partial charge in [0.25, 0.3) is 0 Å². The highest BCUT2D eigenvalue weighted by molar-refractivity contribution is 4.93. The van der Waals surface area contributed by atoms with Crippen molar-refractivity contribution in [1.82, 2.24) is 0 Å². The summed E-state index contributed by atoms with van der Waals surface area (Å²) >= 11 is 0. The minimum atomic E-state index is -0.276. The van der Waals surface area contributed by atoms with Gasteiger partial charge in [-0.1, -0.05) is 27.7 Å². The van der Waals surface area contributed by atoms with Gasteiger partial charge < -0.3 is 9.84 Å². The molecule has 0 aromatic carbocycles. The van der Waals surface area contributed by atoms with Gasteiger partial charge in [-0.15, -0.1) is 0 Å². The predicted octanol–water partition coefficient (Wildman–Crippen LogP) is 1.43. The van der Waals surface area contributed by atoms with Gasteiger partial charge in [-0.05, 0) is 11.8 Å². The topological polar surface area (TPSA) is 32.8 Å². The van der Waals surface area contributed by atoms with Gasteiger partial charge in [0, 0.05) is 0 Å². The van der Waals surface area contributed by atoms with Crippen molar-refractivity contribution in [3.63, 3.8) is 0 Å². The third-order valence-corrected chi connectivity index (χ3v) is 2.24. The maximum Gasteiger partial charge on any atom is 0.110 e. The van der Waals surface area contributed by atoms with E-state index in [0.717, 1.165) is 0 Å². The Balaban J connectivity index is 2.31. The van der Waals surface area contributed by atoms with E-state index >= 15 is 0 Å². The fraction of sp³-hybridized carbons (Fsp3) is 1.00. The molecule has 1 rings (SSSR count). The second kappa shape index (κ2) is 3.11. The van der Waals surface area contributed by atoms with Crippen molar-refractivity contribution in [3.05, 3.63) is 0 Å². The minimum absolute atomic E-state index is 0.106. The van der Waals surface area contributed by atoms with E-state index in [4.69, 9.17) is 4.74 Å². The van der Waals surface area contributed by atoms with Crippen LogP contribution in [0.5, 0.6) is 0 Å². The van der Waals surface area contributed by atoms with Gasteiger partial charge >= 0.3 is 0 Å². The molecule has 0 amide bonds. The van der Waals surface area contributed by atoms with Crippen molar-refractivity contribution >= 4 is 0 Å². The largest absolute Gasteiger partial charge is 0.390 e. The Morgan fingerprint density at radius 2 is 1.64 bits per heavy atom. The minimum Gasteiger partial charge on any atom is -0.390 e. The van der Waals surface area contributed by atoms with Crippen molar-refractivity contribution in [2.75, 3.05) is 0 Å². The molecule has 1 heterocycles. The summed E-state index contributed by atoms with van der Waals surface area (Å²) in [6.45, 7) is 8.28. The van der Waals surface area contributed by atoms with E-state index in [2.05, 4.69) is 13.8 Å². The highest BCUT2D eigenvalue weighted by atomic mass is 16.6. The first-order chi connectivity index (χ1) is 5.04. The Hall–Kier alpha value is -0.0800. The summed E-state index contributed by atoms with van der Waals surface area (Å²) in [5.74, 6) is 0.845. The van der Waals surface area contributed by atoms with Crippen molar-refractivity contribution in [2.45, 2.75) is 46.0 Å². The lowest BCUT2D eigenvalue weighted by molar-refractivity contribution is 0.0922. The number of hydrogen-bond donors (Lipinski definition) is 1. The van der Waals surface area contributed by atoms with Crippen molar-refractivity contribution in [2.24, 2.45) is 11.8 Å². The van der Waals surface area contributed by atoms with E-state index in [9.17, 15) is 5.11 Å². The van der Waals surface area contributed by atoms with Crippen molar-refractivity contribution < 1.29 is 9.84 Å². The van der Waals surface area contributed by atoms with Crippen molar-refractivity contribution in [3.8, 4) is 0 Å². The number of aliphatic hydroxyl groups is 1. The monoisotopic (exact) mass is 158 g/mol. The van der Waals surface area contributed by atoms with Crippen LogP contribution in [-0.4, -0.2) is 23.4 Å². The van der Waals surface area contributed by atoms with Gasteiger partial charge in [-0.3, -0.25) is 0 Å². The van der Waals surface area contributed by atoms with Crippen LogP contribution in [0.15, 0.2) is 0 Å². The average molecular weight is 158 g/mol. The van der Waals surface area contributed by atoms with Crippen LogP contribution in [-0.2, 0) is 4.74 Å². The second-order valence-electron chi connectivity index (χ2n) is 4.04.